The SMILES string of the molecule is CCNCc1cc(S(=O)(=O)Nc2nncs2)c(C)cc1C. The Hall–Kier alpha value is -1.51. The predicted octanol–water partition coefficient (Wildman–Crippen LogP) is 2.07. The average molecular weight is 326 g/mol. The number of aryl methyl sites for hydroxylation is 2. The van der Waals surface area contributed by atoms with Crippen LogP contribution in [-0.4, -0.2) is 25.2 Å². The van der Waals surface area contributed by atoms with Gasteiger partial charge in [-0.15, -0.1) is 10.2 Å². The van der Waals surface area contributed by atoms with Gasteiger partial charge in [0.25, 0.3) is 10.0 Å². The van der Waals surface area contributed by atoms with Crippen LogP contribution >= 0.6 is 11.3 Å². The van der Waals surface area contributed by atoms with Crippen LogP contribution in [0.5, 0.6) is 0 Å². The molecule has 2 rings (SSSR count). The van der Waals surface area contributed by atoms with Crippen LogP contribution in [0.25, 0.3) is 0 Å². The summed E-state index contributed by atoms with van der Waals surface area (Å²) in [7, 11) is -3.65. The Morgan fingerprint density at radius 1 is 1.24 bits per heavy atom. The van der Waals surface area contributed by atoms with Crippen LogP contribution in [0.1, 0.15) is 23.6 Å². The lowest BCUT2D eigenvalue weighted by molar-refractivity contribution is 0.600. The Bertz CT molecular complexity index is 712. The van der Waals surface area contributed by atoms with Crippen molar-refractivity contribution in [1.82, 2.24) is 15.5 Å². The van der Waals surface area contributed by atoms with Gasteiger partial charge < -0.3 is 5.32 Å². The highest BCUT2D eigenvalue weighted by atomic mass is 32.2. The molecule has 2 aromatic rings. The van der Waals surface area contributed by atoms with E-state index in [0.717, 1.165) is 29.0 Å². The zero-order chi connectivity index (χ0) is 15.5. The van der Waals surface area contributed by atoms with E-state index in [-0.39, 0.29) is 10.0 Å². The minimum absolute atomic E-state index is 0.267. The molecule has 0 saturated heterocycles. The standard InChI is InChI=1S/C13H18N4O2S2/c1-4-14-7-11-6-12(10(3)5-9(11)2)21(18,19)17-13-16-15-8-20-13/h5-6,8,14H,4,7H2,1-3H3,(H,16,17). The molecule has 0 aliphatic carbocycles. The minimum atomic E-state index is -3.65. The van der Waals surface area contributed by atoms with Crippen molar-refractivity contribution in [2.24, 2.45) is 0 Å². The zero-order valence-corrected chi connectivity index (χ0v) is 13.8. The second kappa shape index (κ2) is 6.50. The third kappa shape index (κ3) is 3.78. The van der Waals surface area contributed by atoms with Crippen molar-refractivity contribution < 1.29 is 8.42 Å². The first-order chi connectivity index (χ1) is 9.94. The van der Waals surface area contributed by atoms with E-state index in [1.54, 1.807) is 13.0 Å². The summed E-state index contributed by atoms with van der Waals surface area (Å²) in [5.74, 6) is 0. The second-order valence-electron chi connectivity index (χ2n) is 4.67. The number of hydrogen-bond acceptors (Lipinski definition) is 6. The van der Waals surface area contributed by atoms with E-state index in [1.807, 2.05) is 19.9 Å². The molecule has 2 N–H and O–H groups in total. The molecule has 0 bridgehead atoms. The third-order valence-corrected chi connectivity index (χ3v) is 5.29. The van der Waals surface area contributed by atoms with Gasteiger partial charge >= 0.3 is 0 Å². The molecule has 1 aromatic heterocycles. The molecule has 0 fully saturated rings. The summed E-state index contributed by atoms with van der Waals surface area (Å²) in [6.45, 7) is 7.26. The van der Waals surface area contributed by atoms with E-state index in [4.69, 9.17) is 0 Å². The average Bonchev–Trinajstić information content (AvgIpc) is 2.89. The van der Waals surface area contributed by atoms with Crippen LogP contribution in [0.3, 0.4) is 0 Å². The summed E-state index contributed by atoms with van der Waals surface area (Å²) in [6.07, 6.45) is 0. The predicted molar refractivity (Wildman–Crippen MR) is 84.0 cm³/mol. The lowest BCUT2D eigenvalue weighted by atomic mass is 10.1. The summed E-state index contributed by atoms with van der Waals surface area (Å²) in [6, 6.07) is 3.61. The summed E-state index contributed by atoms with van der Waals surface area (Å²) in [5, 5.41) is 10.8. The molecule has 0 radical (unpaired) electrons. The van der Waals surface area contributed by atoms with Crippen molar-refractivity contribution in [2.45, 2.75) is 32.2 Å². The monoisotopic (exact) mass is 326 g/mol. The number of sulfonamides is 1. The molecule has 0 aliphatic rings. The van der Waals surface area contributed by atoms with E-state index >= 15 is 0 Å². The first-order valence-electron chi connectivity index (χ1n) is 6.54. The fourth-order valence-corrected chi connectivity index (χ4v) is 3.97. The first kappa shape index (κ1) is 15.9. The van der Waals surface area contributed by atoms with Crippen molar-refractivity contribution in [1.29, 1.82) is 0 Å². The maximum absolute atomic E-state index is 12.5. The molecule has 114 valence electrons. The smallest absolute Gasteiger partial charge is 0.263 e. The highest BCUT2D eigenvalue weighted by Gasteiger charge is 2.19. The number of benzene rings is 1. The molecule has 0 atom stereocenters. The van der Waals surface area contributed by atoms with E-state index in [9.17, 15) is 8.42 Å². The Kier molecular flexibility index (Phi) is 4.92. The second-order valence-corrected chi connectivity index (χ2v) is 7.16. The van der Waals surface area contributed by atoms with Gasteiger partial charge in [-0.25, -0.2) is 8.42 Å². The first-order valence-corrected chi connectivity index (χ1v) is 8.90. The maximum Gasteiger partial charge on any atom is 0.263 e. The molecule has 0 spiro atoms. The van der Waals surface area contributed by atoms with Crippen LogP contribution < -0.4 is 10.0 Å². The van der Waals surface area contributed by atoms with Gasteiger partial charge in [-0.1, -0.05) is 24.3 Å². The number of rotatable bonds is 6. The summed E-state index contributed by atoms with van der Waals surface area (Å²) >= 11 is 1.15. The Morgan fingerprint density at radius 3 is 2.62 bits per heavy atom. The molecular formula is C13H18N4O2S2. The molecule has 0 unspecified atom stereocenters. The van der Waals surface area contributed by atoms with Crippen LogP contribution in [0.2, 0.25) is 0 Å². The van der Waals surface area contributed by atoms with Gasteiger partial charge in [-0.2, -0.15) is 0 Å². The lowest BCUT2D eigenvalue weighted by Crippen LogP contribution is -2.17. The molecule has 21 heavy (non-hydrogen) atoms. The van der Waals surface area contributed by atoms with Gasteiger partial charge in [0, 0.05) is 6.54 Å². The topological polar surface area (TPSA) is 84.0 Å². The molecule has 6 nitrogen and oxygen atoms in total. The number of anilines is 1. The summed E-state index contributed by atoms with van der Waals surface area (Å²) in [4.78, 5) is 0.274. The van der Waals surface area contributed by atoms with Crippen LogP contribution in [0.15, 0.2) is 22.5 Å². The van der Waals surface area contributed by atoms with Gasteiger partial charge in [0.15, 0.2) is 0 Å². The Morgan fingerprint density at radius 2 is 2.00 bits per heavy atom. The lowest BCUT2D eigenvalue weighted by Gasteiger charge is -2.13. The third-order valence-electron chi connectivity index (χ3n) is 3.07. The van der Waals surface area contributed by atoms with Crippen molar-refractivity contribution >= 4 is 26.5 Å². The fourth-order valence-electron chi connectivity index (χ4n) is 2.00. The molecular weight excluding hydrogens is 308 g/mol. The normalized spacial score (nSPS) is 11.6. The maximum atomic E-state index is 12.5. The quantitative estimate of drug-likeness (QED) is 0.849. The summed E-state index contributed by atoms with van der Waals surface area (Å²) < 4.78 is 27.4. The van der Waals surface area contributed by atoms with Crippen molar-refractivity contribution in [3.63, 3.8) is 0 Å². The Labute approximate surface area is 128 Å². The minimum Gasteiger partial charge on any atom is -0.313 e. The van der Waals surface area contributed by atoms with Crippen LogP contribution in [0.4, 0.5) is 5.13 Å². The van der Waals surface area contributed by atoms with Gasteiger partial charge in [0.1, 0.15) is 5.51 Å². The van der Waals surface area contributed by atoms with Gasteiger partial charge in [0.05, 0.1) is 4.90 Å². The summed E-state index contributed by atoms with van der Waals surface area (Å²) in [5.41, 5.74) is 4.24. The number of hydrogen-bond donors (Lipinski definition) is 2. The van der Waals surface area contributed by atoms with Gasteiger partial charge in [-0.05, 0) is 43.1 Å². The molecule has 0 amide bonds. The number of nitrogens with one attached hydrogen (secondary N) is 2. The van der Waals surface area contributed by atoms with Gasteiger partial charge in [-0.3, -0.25) is 4.72 Å². The fraction of sp³-hybridized carbons (Fsp3) is 0.385. The highest BCUT2D eigenvalue weighted by Crippen LogP contribution is 2.23. The molecule has 8 heteroatoms. The van der Waals surface area contributed by atoms with Crippen molar-refractivity contribution in [3.8, 4) is 0 Å². The zero-order valence-electron chi connectivity index (χ0n) is 12.2. The largest absolute Gasteiger partial charge is 0.313 e. The van der Waals surface area contributed by atoms with Gasteiger partial charge in [0.2, 0.25) is 5.13 Å². The van der Waals surface area contributed by atoms with Crippen molar-refractivity contribution in [2.75, 3.05) is 11.3 Å². The molecule has 1 aromatic carbocycles. The Balaban J connectivity index is 2.37. The van der Waals surface area contributed by atoms with E-state index in [0.29, 0.717) is 12.1 Å². The van der Waals surface area contributed by atoms with E-state index < -0.39 is 10.0 Å². The molecule has 0 aliphatic heterocycles. The van der Waals surface area contributed by atoms with E-state index in [1.165, 1.54) is 5.51 Å². The van der Waals surface area contributed by atoms with E-state index in [2.05, 4.69) is 20.2 Å². The number of aromatic nitrogens is 2. The highest BCUT2D eigenvalue weighted by molar-refractivity contribution is 7.93. The molecule has 1 heterocycles. The number of nitrogens with zero attached hydrogens (tertiary/aromatic N) is 2. The molecule has 0 saturated carbocycles. The van der Waals surface area contributed by atoms with Crippen molar-refractivity contribution in [3.05, 3.63) is 34.3 Å². The van der Waals surface area contributed by atoms with Crippen LogP contribution in [0, 0.1) is 13.8 Å². The van der Waals surface area contributed by atoms with Crippen LogP contribution in [-0.2, 0) is 16.6 Å².